The Morgan fingerprint density at radius 2 is 1.70 bits per heavy atom. The Balaban J connectivity index is 2.30. The lowest BCUT2D eigenvalue weighted by Crippen LogP contribution is -2.05. The van der Waals surface area contributed by atoms with Crippen molar-refractivity contribution in [2.45, 2.75) is 20.8 Å². The Hall–Kier alpha value is -1.89. The van der Waals surface area contributed by atoms with Crippen LogP contribution in [0.4, 0.5) is 5.95 Å². The lowest BCUT2D eigenvalue weighted by molar-refractivity contribution is 0.304. The van der Waals surface area contributed by atoms with Crippen molar-refractivity contribution >= 4 is 21.9 Å². The van der Waals surface area contributed by atoms with Crippen molar-refractivity contribution in [2.24, 2.45) is 0 Å². The summed E-state index contributed by atoms with van der Waals surface area (Å²) in [5, 5.41) is 0. The highest BCUT2D eigenvalue weighted by molar-refractivity contribution is 9.10. The topological polar surface area (TPSA) is 83.2 Å². The SMILES string of the molecule is CCOc1nc(N)nc(Oc2cc(C)c(Br)c(C)c2)n1. The van der Waals surface area contributed by atoms with Gasteiger partial charge in [-0.1, -0.05) is 15.9 Å². The van der Waals surface area contributed by atoms with Gasteiger partial charge < -0.3 is 15.2 Å². The van der Waals surface area contributed by atoms with Gasteiger partial charge in [-0.15, -0.1) is 4.98 Å². The number of aromatic nitrogens is 3. The standard InChI is InChI=1S/C13H15BrN4O2/c1-4-19-12-16-11(15)17-13(18-12)20-9-5-7(2)10(14)8(3)6-9/h5-6H,4H2,1-3H3,(H2,15,16,17,18). The lowest BCUT2D eigenvalue weighted by Gasteiger charge is -2.09. The van der Waals surface area contributed by atoms with Gasteiger partial charge >= 0.3 is 12.0 Å². The minimum atomic E-state index is 0.0593. The van der Waals surface area contributed by atoms with Gasteiger partial charge in [0.2, 0.25) is 5.95 Å². The van der Waals surface area contributed by atoms with Gasteiger partial charge in [0.25, 0.3) is 0 Å². The van der Waals surface area contributed by atoms with Gasteiger partial charge in [-0.25, -0.2) is 0 Å². The van der Waals surface area contributed by atoms with Crippen molar-refractivity contribution in [1.29, 1.82) is 0 Å². The summed E-state index contributed by atoms with van der Waals surface area (Å²) in [5.41, 5.74) is 7.72. The fourth-order valence-corrected chi connectivity index (χ4v) is 1.89. The first kappa shape index (κ1) is 14.5. The van der Waals surface area contributed by atoms with Crippen molar-refractivity contribution in [3.05, 3.63) is 27.7 Å². The van der Waals surface area contributed by atoms with E-state index in [2.05, 4.69) is 30.9 Å². The molecule has 0 unspecified atom stereocenters. The van der Waals surface area contributed by atoms with Crippen LogP contribution in [0.15, 0.2) is 16.6 Å². The Labute approximate surface area is 125 Å². The van der Waals surface area contributed by atoms with Crippen LogP contribution >= 0.6 is 15.9 Å². The molecule has 2 N–H and O–H groups in total. The van der Waals surface area contributed by atoms with Crippen LogP contribution in [0.3, 0.4) is 0 Å². The van der Waals surface area contributed by atoms with Crippen molar-refractivity contribution in [2.75, 3.05) is 12.3 Å². The summed E-state index contributed by atoms with van der Waals surface area (Å²) in [7, 11) is 0. The molecule has 1 heterocycles. The zero-order valence-electron chi connectivity index (χ0n) is 11.5. The summed E-state index contributed by atoms with van der Waals surface area (Å²) in [4.78, 5) is 11.8. The van der Waals surface area contributed by atoms with Gasteiger partial charge in [-0.3, -0.25) is 0 Å². The number of nitrogen functional groups attached to an aromatic ring is 1. The number of rotatable bonds is 4. The van der Waals surface area contributed by atoms with Gasteiger partial charge in [-0.2, -0.15) is 9.97 Å². The molecule has 20 heavy (non-hydrogen) atoms. The van der Waals surface area contributed by atoms with E-state index >= 15 is 0 Å². The average Bonchev–Trinajstić information content (AvgIpc) is 2.35. The molecule has 1 aromatic heterocycles. The second kappa shape index (κ2) is 6.04. The van der Waals surface area contributed by atoms with Gasteiger partial charge in [0.15, 0.2) is 0 Å². The molecule has 0 amide bonds. The van der Waals surface area contributed by atoms with Crippen molar-refractivity contribution in [3.63, 3.8) is 0 Å². The number of hydrogen-bond donors (Lipinski definition) is 1. The lowest BCUT2D eigenvalue weighted by atomic mass is 10.1. The fourth-order valence-electron chi connectivity index (χ4n) is 1.66. The van der Waals surface area contributed by atoms with E-state index in [1.54, 1.807) is 0 Å². The first-order chi connectivity index (χ1) is 9.49. The third-order valence-electron chi connectivity index (χ3n) is 2.50. The van der Waals surface area contributed by atoms with E-state index in [-0.39, 0.29) is 18.0 Å². The molecule has 0 fully saturated rings. The Morgan fingerprint density at radius 3 is 2.30 bits per heavy atom. The molecule has 0 aliphatic carbocycles. The molecule has 6 nitrogen and oxygen atoms in total. The van der Waals surface area contributed by atoms with E-state index in [1.165, 1.54) is 0 Å². The number of nitrogens with zero attached hydrogens (tertiary/aromatic N) is 3. The Bertz CT molecular complexity index is 611. The van der Waals surface area contributed by atoms with Crippen molar-refractivity contribution in [3.8, 4) is 17.8 Å². The van der Waals surface area contributed by atoms with Crippen LogP contribution in [0.25, 0.3) is 0 Å². The number of benzene rings is 1. The van der Waals surface area contributed by atoms with Crippen LogP contribution in [0, 0.1) is 13.8 Å². The molecule has 0 aliphatic rings. The minimum Gasteiger partial charge on any atom is -0.464 e. The summed E-state index contributed by atoms with van der Waals surface area (Å²) < 4.78 is 11.9. The molecular weight excluding hydrogens is 324 g/mol. The van der Waals surface area contributed by atoms with Crippen molar-refractivity contribution in [1.82, 2.24) is 15.0 Å². The normalized spacial score (nSPS) is 10.4. The Morgan fingerprint density at radius 1 is 1.10 bits per heavy atom. The van der Waals surface area contributed by atoms with Gasteiger partial charge in [-0.05, 0) is 44.0 Å². The first-order valence-electron chi connectivity index (χ1n) is 6.08. The maximum absolute atomic E-state index is 5.62. The molecule has 0 bridgehead atoms. The molecule has 0 saturated carbocycles. The molecule has 2 rings (SSSR count). The summed E-state index contributed by atoms with van der Waals surface area (Å²) in [6, 6.07) is 4.04. The predicted molar refractivity (Wildman–Crippen MR) is 79.1 cm³/mol. The molecular formula is C13H15BrN4O2. The number of aryl methyl sites for hydroxylation is 2. The average molecular weight is 339 g/mol. The van der Waals surface area contributed by atoms with Crippen LogP contribution in [0.1, 0.15) is 18.1 Å². The third kappa shape index (κ3) is 3.36. The van der Waals surface area contributed by atoms with Crippen LogP contribution in [0.2, 0.25) is 0 Å². The van der Waals surface area contributed by atoms with E-state index in [0.29, 0.717) is 12.4 Å². The second-order valence-electron chi connectivity index (χ2n) is 4.16. The molecule has 0 saturated heterocycles. The summed E-state index contributed by atoms with van der Waals surface area (Å²) >= 11 is 3.51. The number of anilines is 1. The first-order valence-corrected chi connectivity index (χ1v) is 6.88. The quantitative estimate of drug-likeness (QED) is 0.922. The maximum Gasteiger partial charge on any atom is 0.330 e. The number of hydrogen-bond acceptors (Lipinski definition) is 6. The maximum atomic E-state index is 5.62. The molecule has 0 radical (unpaired) electrons. The smallest absolute Gasteiger partial charge is 0.330 e. The monoisotopic (exact) mass is 338 g/mol. The molecule has 7 heteroatoms. The molecule has 0 aliphatic heterocycles. The van der Waals surface area contributed by atoms with E-state index in [4.69, 9.17) is 15.2 Å². The summed E-state index contributed by atoms with van der Waals surface area (Å²) in [6.07, 6.45) is 0. The third-order valence-corrected chi connectivity index (χ3v) is 3.76. The van der Waals surface area contributed by atoms with E-state index in [1.807, 2.05) is 32.9 Å². The highest BCUT2D eigenvalue weighted by atomic mass is 79.9. The van der Waals surface area contributed by atoms with Gasteiger partial charge in [0.05, 0.1) is 6.61 Å². The van der Waals surface area contributed by atoms with Gasteiger partial charge in [0, 0.05) is 4.47 Å². The highest BCUT2D eigenvalue weighted by Gasteiger charge is 2.09. The fraction of sp³-hybridized carbons (Fsp3) is 0.308. The van der Waals surface area contributed by atoms with E-state index < -0.39 is 0 Å². The van der Waals surface area contributed by atoms with Crippen LogP contribution in [0.5, 0.6) is 17.8 Å². The minimum absolute atomic E-state index is 0.0593. The molecule has 106 valence electrons. The van der Waals surface area contributed by atoms with E-state index in [9.17, 15) is 0 Å². The zero-order chi connectivity index (χ0) is 14.7. The highest BCUT2D eigenvalue weighted by Crippen LogP contribution is 2.28. The summed E-state index contributed by atoms with van der Waals surface area (Å²) in [6.45, 7) is 6.25. The molecule has 0 atom stereocenters. The molecule has 2 aromatic rings. The number of ether oxygens (including phenoxy) is 2. The van der Waals surface area contributed by atoms with Crippen LogP contribution in [-0.2, 0) is 0 Å². The number of halogens is 1. The number of nitrogens with two attached hydrogens (primary N) is 1. The van der Waals surface area contributed by atoms with Gasteiger partial charge in [0.1, 0.15) is 5.75 Å². The summed E-state index contributed by atoms with van der Waals surface area (Å²) in [5.74, 6) is 0.695. The predicted octanol–water partition coefficient (Wildman–Crippen LogP) is 3.02. The largest absolute Gasteiger partial charge is 0.464 e. The van der Waals surface area contributed by atoms with Crippen LogP contribution in [-0.4, -0.2) is 21.6 Å². The zero-order valence-corrected chi connectivity index (χ0v) is 13.1. The van der Waals surface area contributed by atoms with Crippen molar-refractivity contribution < 1.29 is 9.47 Å². The molecule has 1 aromatic carbocycles. The second-order valence-corrected chi connectivity index (χ2v) is 4.96. The molecule has 0 spiro atoms. The Kier molecular flexibility index (Phi) is 4.39. The van der Waals surface area contributed by atoms with Crippen LogP contribution < -0.4 is 15.2 Å². The van der Waals surface area contributed by atoms with E-state index in [0.717, 1.165) is 15.6 Å².